The number of aromatic nitrogens is 4. The van der Waals surface area contributed by atoms with Gasteiger partial charge in [-0.3, -0.25) is 0 Å². The lowest BCUT2D eigenvalue weighted by Gasteiger charge is -2.13. The summed E-state index contributed by atoms with van der Waals surface area (Å²) in [6.07, 6.45) is 1.08. The fourth-order valence-electron chi connectivity index (χ4n) is 1.48. The van der Waals surface area contributed by atoms with Crippen molar-refractivity contribution in [2.24, 2.45) is 0 Å². The van der Waals surface area contributed by atoms with Gasteiger partial charge in [0.1, 0.15) is 0 Å². The van der Waals surface area contributed by atoms with Crippen molar-refractivity contribution in [3.05, 3.63) is 0 Å². The van der Waals surface area contributed by atoms with Gasteiger partial charge in [0.25, 0.3) is 0 Å². The van der Waals surface area contributed by atoms with Gasteiger partial charge < -0.3 is 10.5 Å². The summed E-state index contributed by atoms with van der Waals surface area (Å²) < 4.78 is 6.99. The first-order chi connectivity index (χ1) is 5.79. The number of rotatable bonds is 1. The molecular weight excluding hydrogens is 158 g/mol. The number of tetrazole rings is 1. The van der Waals surface area contributed by atoms with Crippen LogP contribution in [0.4, 0.5) is 5.95 Å². The number of nitrogen functional groups attached to an aromatic ring is 1. The molecule has 1 aromatic heterocycles. The fraction of sp³-hybridized carbons (Fsp3) is 0.833. The van der Waals surface area contributed by atoms with E-state index in [1.807, 2.05) is 6.92 Å². The number of nitrogens with zero attached hydrogens (tertiary/aromatic N) is 4. The maximum atomic E-state index is 5.55. The monoisotopic (exact) mass is 169 g/mol. The van der Waals surface area contributed by atoms with E-state index >= 15 is 0 Å². The van der Waals surface area contributed by atoms with E-state index in [0.717, 1.165) is 13.0 Å². The largest absolute Gasteiger partial charge is 0.376 e. The Morgan fingerprint density at radius 3 is 3.00 bits per heavy atom. The van der Waals surface area contributed by atoms with Gasteiger partial charge in [0.2, 0.25) is 5.95 Å². The Morgan fingerprint density at radius 1 is 1.67 bits per heavy atom. The number of hydrogen-bond donors (Lipinski definition) is 1. The molecule has 0 aliphatic carbocycles. The zero-order valence-corrected chi connectivity index (χ0v) is 6.84. The van der Waals surface area contributed by atoms with Crippen LogP contribution in [0.2, 0.25) is 0 Å². The third kappa shape index (κ3) is 1.04. The van der Waals surface area contributed by atoms with Crippen LogP contribution in [-0.4, -0.2) is 32.9 Å². The Bertz CT molecular complexity index is 273. The van der Waals surface area contributed by atoms with Crippen LogP contribution >= 0.6 is 0 Å². The molecular formula is C6H11N5O. The first kappa shape index (κ1) is 7.48. The fourth-order valence-corrected chi connectivity index (χ4v) is 1.48. The molecule has 2 N–H and O–H groups in total. The lowest BCUT2D eigenvalue weighted by atomic mass is 10.2. The summed E-state index contributed by atoms with van der Waals surface area (Å²) in [4.78, 5) is 0. The van der Waals surface area contributed by atoms with E-state index < -0.39 is 0 Å². The van der Waals surface area contributed by atoms with Crippen LogP contribution in [-0.2, 0) is 4.74 Å². The van der Waals surface area contributed by atoms with E-state index in [2.05, 4.69) is 15.5 Å². The van der Waals surface area contributed by atoms with Crippen molar-refractivity contribution in [1.82, 2.24) is 20.2 Å². The van der Waals surface area contributed by atoms with Crippen LogP contribution in [0.3, 0.4) is 0 Å². The molecule has 1 aromatic rings. The van der Waals surface area contributed by atoms with Crippen molar-refractivity contribution in [3.8, 4) is 0 Å². The maximum absolute atomic E-state index is 5.55. The standard InChI is InChI=1S/C6H11N5O/c1-4-5(2-3-12-4)11-6(7)8-9-10-11/h4-5H,2-3H2,1H3,(H2,7,8,10). The average molecular weight is 169 g/mol. The van der Waals surface area contributed by atoms with Crippen LogP contribution in [0.5, 0.6) is 0 Å². The van der Waals surface area contributed by atoms with Crippen LogP contribution in [0.25, 0.3) is 0 Å². The minimum absolute atomic E-state index is 0.149. The molecule has 2 unspecified atom stereocenters. The van der Waals surface area contributed by atoms with Crippen molar-refractivity contribution in [1.29, 1.82) is 0 Å². The van der Waals surface area contributed by atoms with Gasteiger partial charge in [-0.1, -0.05) is 5.10 Å². The first-order valence-electron chi connectivity index (χ1n) is 3.94. The van der Waals surface area contributed by atoms with Crippen molar-refractivity contribution in [3.63, 3.8) is 0 Å². The molecule has 0 amide bonds. The topological polar surface area (TPSA) is 78.8 Å². The number of ether oxygens (including phenoxy) is 1. The molecule has 1 saturated heterocycles. The van der Waals surface area contributed by atoms with Gasteiger partial charge in [-0.2, -0.15) is 0 Å². The molecule has 1 fully saturated rings. The summed E-state index contributed by atoms with van der Waals surface area (Å²) in [6.45, 7) is 2.75. The molecule has 12 heavy (non-hydrogen) atoms. The number of anilines is 1. The highest BCUT2D eigenvalue weighted by atomic mass is 16.5. The van der Waals surface area contributed by atoms with Crippen molar-refractivity contribution in [2.75, 3.05) is 12.3 Å². The van der Waals surface area contributed by atoms with Gasteiger partial charge in [-0.05, 0) is 23.8 Å². The van der Waals surface area contributed by atoms with Gasteiger partial charge >= 0.3 is 0 Å². The Labute approximate surface area is 69.7 Å². The lowest BCUT2D eigenvalue weighted by molar-refractivity contribution is 0.105. The molecule has 0 radical (unpaired) electrons. The van der Waals surface area contributed by atoms with E-state index in [1.54, 1.807) is 4.68 Å². The summed E-state index contributed by atoms with van der Waals surface area (Å²) in [5.74, 6) is 0.359. The molecule has 2 atom stereocenters. The molecule has 66 valence electrons. The highest BCUT2D eigenvalue weighted by Gasteiger charge is 2.28. The smallest absolute Gasteiger partial charge is 0.240 e. The van der Waals surface area contributed by atoms with Crippen LogP contribution in [0, 0.1) is 0 Å². The summed E-state index contributed by atoms with van der Waals surface area (Å²) in [5.41, 5.74) is 5.55. The Balaban J connectivity index is 2.24. The van der Waals surface area contributed by atoms with E-state index in [1.165, 1.54) is 0 Å². The van der Waals surface area contributed by atoms with E-state index in [-0.39, 0.29) is 12.1 Å². The molecule has 0 bridgehead atoms. The molecule has 2 rings (SSSR count). The second-order valence-corrected chi connectivity index (χ2v) is 2.91. The highest BCUT2D eigenvalue weighted by Crippen LogP contribution is 2.25. The normalized spacial score (nSPS) is 29.4. The molecule has 2 heterocycles. The second-order valence-electron chi connectivity index (χ2n) is 2.91. The van der Waals surface area contributed by atoms with Crippen LogP contribution in [0.15, 0.2) is 0 Å². The number of hydrogen-bond acceptors (Lipinski definition) is 5. The summed E-state index contributed by atoms with van der Waals surface area (Å²) in [6, 6.07) is 0.194. The molecule has 1 aliphatic rings. The summed E-state index contributed by atoms with van der Waals surface area (Å²) in [5, 5.41) is 10.9. The Hall–Kier alpha value is -1.17. The van der Waals surface area contributed by atoms with Gasteiger partial charge in [0, 0.05) is 6.61 Å². The predicted octanol–water partition coefficient (Wildman–Crippen LogP) is -0.395. The average Bonchev–Trinajstić information content (AvgIpc) is 2.59. The zero-order valence-electron chi connectivity index (χ0n) is 6.84. The SMILES string of the molecule is CC1OCCC1n1nnnc1N. The van der Waals surface area contributed by atoms with Gasteiger partial charge in [-0.15, -0.1) is 0 Å². The molecule has 6 heteroatoms. The van der Waals surface area contributed by atoms with Gasteiger partial charge in [-0.25, -0.2) is 4.68 Å². The van der Waals surface area contributed by atoms with Crippen LogP contribution < -0.4 is 5.73 Å². The second kappa shape index (κ2) is 2.71. The minimum atomic E-state index is 0.149. The molecule has 0 saturated carbocycles. The molecule has 1 aliphatic heterocycles. The Kier molecular flexibility index (Phi) is 1.69. The zero-order chi connectivity index (χ0) is 8.55. The lowest BCUT2D eigenvalue weighted by Crippen LogP contribution is -2.19. The predicted molar refractivity (Wildman–Crippen MR) is 41.3 cm³/mol. The van der Waals surface area contributed by atoms with Crippen molar-refractivity contribution in [2.45, 2.75) is 25.5 Å². The van der Waals surface area contributed by atoms with Crippen molar-refractivity contribution < 1.29 is 4.74 Å². The Morgan fingerprint density at radius 2 is 2.50 bits per heavy atom. The minimum Gasteiger partial charge on any atom is -0.376 e. The highest BCUT2D eigenvalue weighted by molar-refractivity contribution is 5.12. The molecule has 6 nitrogen and oxygen atoms in total. The molecule has 0 spiro atoms. The third-order valence-corrected chi connectivity index (χ3v) is 2.17. The van der Waals surface area contributed by atoms with Gasteiger partial charge in [0.15, 0.2) is 0 Å². The van der Waals surface area contributed by atoms with Gasteiger partial charge in [0.05, 0.1) is 12.1 Å². The maximum Gasteiger partial charge on any atom is 0.240 e. The summed E-state index contributed by atoms with van der Waals surface area (Å²) in [7, 11) is 0. The first-order valence-corrected chi connectivity index (χ1v) is 3.94. The van der Waals surface area contributed by atoms with E-state index in [4.69, 9.17) is 10.5 Å². The quantitative estimate of drug-likeness (QED) is 0.619. The van der Waals surface area contributed by atoms with Crippen molar-refractivity contribution >= 4 is 5.95 Å². The summed E-state index contributed by atoms with van der Waals surface area (Å²) >= 11 is 0. The van der Waals surface area contributed by atoms with Crippen LogP contribution in [0.1, 0.15) is 19.4 Å². The molecule has 0 aromatic carbocycles. The van der Waals surface area contributed by atoms with E-state index in [0.29, 0.717) is 5.95 Å². The third-order valence-electron chi connectivity index (χ3n) is 2.17. The van der Waals surface area contributed by atoms with E-state index in [9.17, 15) is 0 Å². The number of nitrogens with two attached hydrogens (primary N) is 1.